The summed E-state index contributed by atoms with van der Waals surface area (Å²) in [6.07, 6.45) is 1.62. The van der Waals surface area contributed by atoms with Gasteiger partial charge in [0.15, 0.2) is 15.6 Å². The maximum absolute atomic E-state index is 11.5. The lowest BCUT2D eigenvalue weighted by Gasteiger charge is -2.28. The molecule has 0 atom stereocenters. The van der Waals surface area contributed by atoms with Gasteiger partial charge in [0.1, 0.15) is 5.82 Å². The van der Waals surface area contributed by atoms with Gasteiger partial charge in [-0.25, -0.2) is 13.4 Å². The summed E-state index contributed by atoms with van der Waals surface area (Å²) in [5, 5.41) is 0. The minimum absolute atomic E-state index is 0.0541. The van der Waals surface area contributed by atoms with Crippen molar-refractivity contribution in [3.05, 3.63) is 23.9 Å². The molecule has 0 amide bonds. The Kier molecular flexibility index (Phi) is 3.15. The van der Waals surface area contributed by atoms with Crippen LogP contribution in [0.4, 0.5) is 5.82 Å². The number of hydrogen-bond donors (Lipinski definition) is 0. The SMILES string of the molecule is CC(=O)c1cccnc1N1CCS(=O)(=O)CC1. The molecular formula is C11H14N2O3S. The molecule has 0 aromatic carbocycles. The predicted octanol–water partition coefficient (Wildman–Crippen LogP) is 0.519. The first-order valence-electron chi connectivity index (χ1n) is 5.41. The van der Waals surface area contributed by atoms with Crippen molar-refractivity contribution in [3.8, 4) is 0 Å². The number of nitrogens with zero attached hydrogens (tertiary/aromatic N) is 2. The number of rotatable bonds is 2. The van der Waals surface area contributed by atoms with Crippen LogP contribution >= 0.6 is 0 Å². The van der Waals surface area contributed by atoms with Crippen molar-refractivity contribution in [1.82, 2.24) is 4.98 Å². The number of aromatic nitrogens is 1. The van der Waals surface area contributed by atoms with Crippen LogP contribution in [0, 0.1) is 0 Å². The van der Waals surface area contributed by atoms with Crippen molar-refractivity contribution in [2.45, 2.75) is 6.92 Å². The van der Waals surface area contributed by atoms with Crippen LogP contribution in [0.1, 0.15) is 17.3 Å². The second-order valence-electron chi connectivity index (χ2n) is 4.07. The van der Waals surface area contributed by atoms with Crippen molar-refractivity contribution >= 4 is 21.4 Å². The van der Waals surface area contributed by atoms with E-state index in [9.17, 15) is 13.2 Å². The van der Waals surface area contributed by atoms with Gasteiger partial charge >= 0.3 is 0 Å². The van der Waals surface area contributed by atoms with Gasteiger partial charge in [-0.15, -0.1) is 0 Å². The highest BCUT2D eigenvalue weighted by molar-refractivity contribution is 7.91. The van der Waals surface area contributed by atoms with E-state index in [1.165, 1.54) is 6.92 Å². The molecule has 5 nitrogen and oxygen atoms in total. The van der Waals surface area contributed by atoms with E-state index in [2.05, 4.69) is 4.98 Å². The first-order chi connectivity index (χ1) is 7.99. The van der Waals surface area contributed by atoms with Gasteiger partial charge in [0.2, 0.25) is 0 Å². The van der Waals surface area contributed by atoms with Gasteiger partial charge < -0.3 is 4.90 Å². The molecule has 1 aromatic rings. The second-order valence-corrected chi connectivity index (χ2v) is 6.37. The lowest BCUT2D eigenvalue weighted by atomic mass is 10.2. The Morgan fingerprint density at radius 3 is 2.59 bits per heavy atom. The molecule has 0 radical (unpaired) electrons. The fourth-order valence-electron chi connectivity index (χ4n) is 1.85. The number of carbonyl (C=O) groups is 1. The van der Waals surface area contributed by atoms with E-state index in [0.717, 1.165) is 0 Å². The first kappa shape index (κ1) is 12.0. The first-order valence-corrected chi connectivity index (χ1v) is 7.23. The van der Waals surface area contributed by atoms with Crippen LogP contribution in [0.3, 0.4) is 0 Å². The van der Waals surface area contributed by atoms with Crippen LogP contribution in [-0.4, -0.2) is 43.8 Å². The van der Waals surface area contributed by atoms with E-state index in [-0.39, 0.29) is 17.3 Å². The van der Waals surface area contributed by atoms with Crippen molar-refractivity contribution < 1.29 is 13.2 Å². The van der Waals surface area contributed by atoms with Gasteiger partial charge in [0, 0.05) is 19.3 Å². The zero-order valence-electron chi connectivity index (χ0n) is 9.59. The van der Waals surface area contributed by atoms with E-state index in [4.69, 9.17) is 0 Å². The van der Waals surface area contributed by atoms with Crippen molar-refractivity contribution in [2.75, 3.05) is 29.5 Å². The Balaban J connectivity index is 2.27. The van der Waals surface area contributed by atoms with Gasteiger partial charge in [-0.1, -0.05) is 0 Å². The molecule has 0 aliphatic carbocycles. The average Bonchev–Trinajstić information content (AvgIpc) is 2.29. The molecule has 1 aliphatic rings. The molecule has 2 heterocycles. The highest BCUT2D eigenvalue weighted by Gasteiger charge is 2.24. The molecule has 0 unspecified atom stereocenters. The Morgan fingerprint density at radius 2 is 2.00 bits per heavy atom. The minimum atomic E-state index is -2.91. The summed E-state index contributed by atoms with van der Waals surface area (Å²) >= 11 is 0. The Labute approximate surface area is 100 Å². The van der Waals surface area contributed by atoms with Crippen LogP contribution in [0.2, 0.25) is 0 Å². The van der Waals surface area contributed by atoms with Crippen LogP contribution in [0.25, 0.3) is 0 Å². The zero-order chi connectivity index (χ0) is 12.5. The molecule has 6 heteroatoms. The van der Waals surface area contributed by atoms with Crippen LogP contribution in [-0.2, 0) is 9.84 Å². The van der Waals surface area contributed by atoms with Gasteiger partial charge in [-0.05, 0) is 19.1 Å². The molecule has 1 saturated heterocycles. The summed E-state index contributed by atoms with van der Waals surface area (Å²) in [6.45, 7) is 2.29. The Bertz CT molecular complexity index is 525. The van der Waals surface area contributed by atoms with Crippen molar-refractivity contribution in [3.63, 3.8) is 0 Å². The fraction of sp³-hybridized carbons (Fsp3) is 0.455. The summed E-state index contributed by atoms with van der Waals surface area (Å²) in [5.74, 6) is 0.790. The van der Waals surface area contributed by atoms with E-state index in [1.54, 1.807) is 18.3 Å². The third-order valence-corrected chi connectivity index (χ3v) is 4.42. The smallest absolute Gasteiger partial charge is 0.163 e. The number of carbonyl (C=O) groups excluding carboxylic acids is 1. The number of pyridine rings is 1. The number of hydrogen-bond acceptors (Lipinski definition) is 5. The minimum Gasteiger partial charge on any atom is -0.354 e. The summed E-state index contributed by atoms with van der Waals surface area (Å²) in [6, 6.07) is 3.43. The highest BCUT2D eigenvalue weighted by atomic mass is 32.2. The largest absolute Gasteiger partial charge is 0.354 e. The molecule has 17 heavy (non-hydrogen) atoms. The summed E-state index contributed by atoms with van der Waals surface area (Å²) in [7, 11) is -2.91. The molecular weight excluding hydrogens is 240 g/mol. The maximum atomic E-state index is 11.5. The van der Waals surface area contributed by atoms with Crippen LogP contribution in [0.5, 0.6) is 0 Å². The van der Waals surface area contributed by atoms with Crippen LogP contribution in [0.15, 0.2) is 18.3 Å². The average molecular weight is 254 g/mol. The van der Waals surface area contributed by atoms with Gasteiger partial charge in [0.25, 0.3) is 0 Å². The molecule has 0 bridgehead atoms. The summed E-state index contributed by atoms with van der Waals surface area (Å²) < 4.78 is 22.7. The van der Waals surface area contributed by atoms with Crippen molar-refractivity contribution in [1.29, 1.82) is 0 Å². The van der Waals surface area contributed by atoms with E-state index in [0.29, 0.717) is 24.5 Å². The molecule has 0 N–H and O–H groups in total. The highest BCUT2D eigenvalue weighted by Crippen LogP contribution is 2.19. The zero-order valence-corrected chi connectivity index (χ0v) is 10.4. The third-order valence-electron chi connectivity index (χ3n) is 2.81. The van der Waals surface area contributed by atoms with Gasteiger partial charge in [-0.2, -0.15) is 0 Å². The molecule has 0 saturated carbocycles. The van der Waals surface area contributed by atoms with E-state index >= 15 is 0 Å². The number of ketones is 1. The summed E-state index contributed by atoms with van der Waals surface area (Å²) in [5.41, 5.74) is 0.548. The normalized spacial score (nSPS) is 19.0. The van der Waals surface area contributed by atoms with Gasteiger partial charge in [0.05, 0.1) is 17.1 Å². The summed E-state index contributed by atoms with van der Waals surface area (Å²) in [4.78, 5) is 17.5. The number of Topliss-reactive ketones (excluding diaryl/α,β-unsaturated/α-hetero) is 1. The molecule has 92 valence electrons. The topological polar surface area (TPSA) is 67.3 Å². The molecule has 1 aliphatic heterocycles. The van der Waals surface area contributed by atoms with Gasteiger partial charge in [-0.3, -0.25) is 4.79 Å². The van der Waals surface area contributed by atoms with Crippen LogP contribution < -0.4 is 4.90 Å². The molecule has 1 fully saturated rings. The third kappa shape index (κ3) is 2.63. The Morgan fingerprint density at radius 1 is 1.35 bits per heavy atom. The second kappa shape index (κ2) is 4.44. The standard InChI is InChI=1S/C11H14N2O3S/c1-9(14)10-3-2-4-12-11(10)13-5-7-17(15,16)8-6-13/h2-4H,5-8H2,1H3. The lowest BCUT2D eigenvalue weighted by molar-refractivity contribution is 0.101. The molecule has 2 rings (SSSR count). The quantitative estimate of drug-likeness (QED) is 0.720. The number of anilines is 1. The molecule has 0 spiro atoms. The molecule has 1 aromatic heterocycles. The maximum Gasteiger partial charge on any atom is 0.163 e. The van der Waals surface area contributed by atoms with E-state index in [1.807, 2.05) is 4.90 Å². The monoisotopic (exact) mass is 254 g/mol. The fourth-order valence-corrected chi connectivity index (χ4v) is 3.05. The predicted molar refractivity (Wildman–Crippen MR) is 65.1 cm³/mol. The van der Waals surface area contributed by atoms with Crippen molar-refractivity contribution in [2.24, 2.45) is 0 Å². The van der Waals surface area contributed by atoms with E-state index < -0.39 is 9.84 Å². The lowest BCUT2D eigenvalue weighted by Crippen LogP contribution is -2.41. The Hall–Kier alpha value is -1.43. The number of sulfone groups is 1.